The maximum Gasteiger partial charge on any atom is -0.00199 e. The highest BCUT2D eigenvalue weighted by Crippen LogP contribution is 2.53. The van der Waals surface area contributed by atoms with Crippen molar-refractivity contribution in [1.82, 2.24) is 0 Å². The van der Waals surface area contributed by atoms with Crippen molar-refractivity contribution in [3.05, 3.63) is 497 Å². The standard InChI is InChI=1S/2C44H28.C40H26/c1-3-17-31-29(13-1)15-11-25-33(31)36-27-28-42(35-20-6-5-19-34(35)36)44-40-23-9-7-21-38(40)43(39-22-8-10-24-41(39)44)37-26-12-16-30-14-2-4-18-32(30)37;1-2-14-31-26-32(25-24-29(31)12-1)34-27-33-15-4-6-18-36(33)42(28-34)44-40-21-9-7-19-38(40)43(39-20-8-10-22-41(39)44)37-23-11-16-30-13-3-5-17-35(30)37;1-2-13-27(14-3-1)30-25-29-16-5-7-19-32(29)38(26-30)40-36-22-10-8-20-34(36)39(35-21-9-11-23-37(35)40)33-24-12-17-28-15-4-6-18-31(28)33/h2*1-28H;1-26H. The van der Waals surface area contributed by atoms with E-state index in [-0.39, 0.29) is 0 Å². The van der Waals surface area contributed by atoms with E-state index in [0.29, 0.717) is 0 Å². The second-order valence-electron chi connectivity index (χ2n) is 33.8. The second-order valence-corrected chi connectivity index (χ2v) is 33.8. The molecule has 0 saturated heterocycles. The van der Waals surface area contributed by atoms with Crippen molar-refractivity contribution < 1.29 is 0 Å². The summed E-state index contributed by atoms with van der Waals surface area (Å²) in [5.41, 5.74) is 22.9. The summed E-state index contributed by atoms with van der Waals surface area (Å²) in [6.45, 7) is 0. The highest BCUT2D eigenvalue weighted by Gasteiger charge is 2.25. The summed E-state index contributed by atoms with van der Waals surface area (Å²) in [4.78, 5) is 0. The maximum absolute atomic E-state index is 2.41. The smallest absolute Gasteiger partial charge is 0.00199 e. The molecule has 0 atom stereocenters. The van der Waals surface area contributed by atoms with Crippen LogP contribution in [0.4, 0.5) is 0 Å². The molecule has 0 amide bonds. The zero-order chi connectivity index (χ0) is 84.5. The van der Waals surface area contributed by atoms with E-state index in [1.165, 1.54) is 251 Å². The lowest BCUT2D eigenvalue weighted by molar-refractivity contribution is 1.63. The monoisotopic (exact) mass is 1620 g/mol. The van der Waals surface area contributed by atoms with Crippen molar-refractivity contribution in [3.8, 4) is 100 Å². The quantitative estimate of drug-likeness (QED) is 0.126. The first-order valence-electron chi connectivity index (χ1n) is 44.4. The van der Waals surface area contributed by atoms with Gasteiger partial charge in [-0.15, -0.1) is 0 Å². The third kappa shape index (κ3) is 12.9. The normalized spacial score (nSPS) is 11.6. The van der Waals surface area contributed by atoms with E-state index in [9.17, 15) is 0 Å². The molecule has 0 fully saturated rings. The van der Waals surface area contributed by atoms with Crippen molar-refractivity contribution in [2.45, 2.75) is 0 Å². The van der Waals surface area contributed by atoms with Gasteiger partial charge in [-0.2, -0.15) is 0 Å². The lowest BCUT2D eigenvalue weighted by Gasteiger charge is -2.20. The molecule has 0 unspecified atom stereocenters. The molecule has 0 heterocycles. The minimum atomic E-state index is 1.23. The average Bonchev–Trinajstić information content (AvgIpc) is 0.727. The molecule has 128 heavy (non-hydrogen) atoms. The Morgan fingerprint density at radius 1 is 0.0781 bits per heavy atom. The molecule has 26 aromatic carbocycles. The summed E-state index contributed by atoms with van der Waals surface area (Å²) >= 11 is 0. The molecule has 0 N–H and O–H groups in total. The SMILES string of the molecule is c1ccc(-c2cc(-c3c4ccccc4c(-c4cccc5ccccc45)c4ccccc34)c3ccccc3c2)cc1.c1ccc2c(-c3ccc(-c4c5ccccc5c(-c5cccc6ccccc56)c5ccccc45)c4ccccc34)cccc2c1.c1ccc2cc(-c3cc(-c4c5ccccc5c(-c5cccc6ccccc56)c5ccccc45)c4ccccc4c3)ccc2c1. The third-order valence-electron chi connectivity index (χ3n) is 26.7. The van der Waals surface area contributed by atoms with Gasteiger partial charge in [0.1, 0.15) is 0 Å². The van der Waals surface area contributed by atoms with Crippen LogP contribution in [0.3, 0.4) is 0 Å². The summed E-state index contributed by atoms with van der Waals surface area (Å²) in [6.07, 6.45) is 0. The summed E-state index contributed by atoms with van der Waals surface area (Å²) in [5, 5.41) is 35.6. The summed E-state index contributed by atoms with van der Waals surface area (Å²) < 4.78 is 0. The Balaban J connectivity index is 0.000000107. The molecule has 0 aromatic heterocycles. The Bertz CT molecular complexity index is 8760. The Morgan fingerprint density at radius 3 is 0.625 bits per heavy atom. The molecular weight excluding hydrogens is 1540 g/mol. The minimum absolute atomic E-state index is 1.23. The van der Waals surface area contributed by atoms with Crippen LogP contribution in [0.15, 0.2) is 497 Å². The van der Waals surface area contributed by atoms with Gasteiger partial charge in [0.2, 0.25) is 0 Å². The molecule has 0 bridgehead atoms. The minimum Gasteiger partial charge on any atom is -0.0622 e. The average molecular weight is 1620 g/mol. The lowest BCUT2D eigenvalue weighted by Crippen LogP contribution is -1.93. The Hall–Kier alpha value is -16.6. The molecule has 0 heteroatoms. The van der Waals surface area contributed by atoms with Crippen LogP contribution in [0.5, 0.6) is 0 Å². The van der Waals surface area contributed by atoms with Gasteiger partial charge in [0, 0.05) is 0 Å². The van der Waals surface area contributed by atoms with Gasteiger partial charge in [-0.05, 0) is 281 Å². The second kappa shape index (κ2) is 31.9. The van der Waals surface area contributed by atoms with Crippen molar-refractivity contribution in [2.24, 2.45) is 0 Å². The van der Waals surface area contributed by atoms with Crippen LogP contribution < -0.4 is 0 Å². The van der Waals surface area contributed by atoms with Gasteiger partial charge in [0.15, 0.2) is 0 Å². The predicted molar refractivity (Wildman–Crippen MR) is 553 cm³/mol. The van der Waals surface area contributed by atoms with E-state index < -0.39 is 0 Å². The van der Waals surface area contributed by atoms with E-state index in [2.05, 4.69) is 497 Å². The van der Waals surface area contributed by atoms with Gasteiger partial charge in [-0.25, -0.2) is 0 Å². The lowest BCUT2D eigenvalue weighted by atomic mass is 9.83. The topological polar surface area (TPSA) is 0 Å². The molecule has 594 valence electrons. The van der Waals surface area contributed by atoms with Gasteiger partial charge >= 0.3 is 0 Å². The summed E-state index contributed by atoms with van der Waals surface area (Å²) in [7, 11) is 0. The molecule has 0 nitrogen and oxygen atoms in total. The third-order valence-corrected chi connectivity index (χ3v) is 26.7. The van der Waals surface area contributed by atoms with Crippen LogP contribution in [-0.4, -0.2) is 0 Å². The van der Waals surface area contributed by atoms with Crippen molar-refractivity contribution >= 4 is 151 Å². The van der Waals surface area contributed by atoms with Crippen molar-refractivity contribution in [1.29, 1.82) is 0 Å². The Kier molecular flexibility index (Phi) is 18.7. The van der Waals surface area contributed by atoms with Crippen LogP contribution in [0.1, 0.15) is 0 Å². The van der Waals surface area contributed by atoms with E-state index in [1.807, 2.05) is 0 Å². The number of rotatable bonds is 9. The fraction of sp³-hybridized carbons (Fsp3) is 0. The zero-order valence-corrected chi connectivity index (χ0v) is 70.3. The van der Waals surface area contributed by atoms with Gasteiger partial charge in [-0.1, -0.05) is 467 Å². The highest BCUT2D eigenvalue weighted by molar-refractivity contribution is 6.30. The first kappa shape index (κ1) is 75.1. The molecule has 0 aliphatic carbocycles. The van der Waals surface area contributed by atoms with E-state index >= 15 is 0 Å². The molecular formula is C128H82. The van der Waals surface area contributed by atoms with Crippen molar-refractivity contribution in [3.63, 3.8) is 0 Å². The van der Waals surface area contributed by atoms with Crippen LogP contribution in [0.2, 0.25) is 0 Å². The molecule has 26 aromatic rings. The molecule has 0 aliphatic rings. The number of benzene rings is 26. The van der Waals surface area contributed by atoms with Crippen molar-refractivity contribution in [2.75, 3.05) is 0 Å². The van der Waals surface area contributed by atoms with E-state index in [1.54, 1.807) is 0 Å². The number of hydrogen-bond acceptors (Lipinski definition) is 0. The fourth-order valence-corrected chi connectivity index (χ4v) is 21.0. The molecule has 26 rings (SSSR count). The van der Waals surface area contributed by atoms with E-state index in [4.69, 9.17) is 0 Å². The summed E-state index contributed by atoms with van der Waals surface area (Å²) in [5.74, 6) is 0. The first-order chi connectivity index (χ1) is 63.6. The largest absolute Gasteiger partial charge is 0.0622 e. The van der Waals surface area contributed by atoms with Crippen LogP contribution in [-0.2, 0) is 0 Å². The van der Waals surface area contributed by atoms with Gasteiger partial charge in [-0.3, -0.25) is 0 Å². The van der Waals surface area contributed by atoms with Crippen LogP contribution >= 0.6 is 0 Å². The van der Waals surface area contributed by atoms with Gasteiger partial charge in [0.05, 0.1) is 0 Å². The Morgan fingerprint density at radius 2 is 0.281 bits per heavy atom. The maximum atomic E-state index is 2.41. The van der Waals surface area contributed by atoms with Crippen LogP contribution in [0, 0.1) is 0 Å². The molecule has 0 saturated carbocycles. The van der Waals surface area contributed by atoms with Gasteiger partial charge in [0.25, 0.3) is 0 Å². The fourth-order valence-electron chi connectivity index (χ4n) is 21.0. The summed E-state index contributed by atoms with van der Waals surface area (Å²) in [6, 6.07) is 182. The molecule has 0 radical (unpaired) electrons. The number of fused-ring (bicyclic) bond motifs is 14. The highest BCUT2D eigenvalue weighted by atomic mass is 14.3. The van der Waals surface area contributed by atoms with E-state index in [0.717, 1.165) is 0 Å². The van der Waals surface area contributed by atoms with Gasteiger partial charge < -0.3 is 0 Å². The number of hydrogen-bond donors (Lipinski definition) is 0. The molecule has 0 spiro atoms. The Labute approximate surface area is 743 Å². The first-order valence-corrected chi connectivity index (χ1v) is 44.4. The predicted octanol–water partition coefficient (Wildman–Crippen LogP) is 36.2. The van der Waals surface area contributed by atoms with Crippen LogP contribution in [0.25, 0.3) is 251 Å². The zero-order valence-electron chi connectivity index (χ0n) is 70.3. The molecule has 0 aliphatic heterocycles.